The first-order valence-electron chi connectivity index (χ1n) is 10.3. The summed E-state index contributed by atoms with van der Waals surface area (Å²) in [4.78, 5) is 28.3. The van der Waals surface area contributed by atoms with Crippen molar-refractivity contribution in [3.63, 3.8) is 0 Å². The van der Waals surface area contributed by atoms with E-state index in [-0.39, 0.29) is 11.5 Å². The van der Waals surface area contributed by atoms with Crippen LogP contribution in [-0.2, 0) is 11.3 Å². The van der Waals surface area contributed by atoms with Crippen LogP contribution in [0.2, 0.25) is 0 Å². The number of ether oxygens (including phenoxy) is 1. The summed E-state index contributed by atoms with van der Waals surface area (Å²) >= 11 is 0. The molecule has 3 aromatic carbocycles. The molecule has 0 fully saturated rings. The fourth-order valence-corrected chi connectivity index (χ4v) is 3.55. The molecule has 4 aromatic rings. The summed E-state index contributed by atoms with van der Waals surface area (Å²) in [6.45, 7) is 6.10. The molecule has 6 nitrogen and oxygen atoms in total. The van der Waals surface area contributed by atoms with Gasteiger partial charge in [0.15, 0.2) is 0 Å². The van der Waals surface area contributed by atoms with Gasteiger partial charge in [0.25, 0.3) is 0 Å². The number of aromatic carboxylic acids is 1. The molecule has 0 aliphatic rings. The summed E-state index contributed by atoms with van der Waals surface area (Å²) in [5, 5.41) is 9.26. The van der Waals surface area contributed by atoms with E-state index in [2.05, 4.69) is 4.98 Å². The lowest BCUT2D eigenvalue weighted by Gasteiger charge is -2.20. The van der Waals surface area contributed by atoms with E-state index in [1.807, 2.05) is 67.8 Å². The number of carboxylic acids is 1. The number of carbonyl (C=O) groups is 2. The second kappa shape index (κ2) is 8.30. The van der Waals surface area contributed by atoms with Crippen LogP contribution in [0.15, 0.2) is 73.1 Å². The van der Waals surface area contributed by atoms with Gasteiger partial charge in [-0.1, -0.05) is 42.5 Å². The first-order valence-corrected chi connectivity index (χ1v) is 10.3. The third kappa shape index (κ3) is 4.54. The average molecular weight is 428 g/mol. The molecule has 0 unspecified atom stereocenters. The number of nitrogens with zero attached hydrogens (tertiary/aromatic N) is 2. The number of hydrogen-bond acceptors (Lipinski definition) is 4. The molecule has 32 heavy (non-hydrogen) atoms. The number of aromatic nitrogens is 2. The molecule has 1 heterocycles. The minimum absolute atomic E-state index is 0.230. The van der Waals surface area contributed by atoms with Gasteiger partial charge in [0.2, 0.25) is 0 Å². The van der Waals surface area contributed by atoms with Crippen molar-refractivity contribution in [3.05, 3.63) is 89.7 Å². The van der Waals surface area contributed by atoms with E-state index in [1.54, 1.807) is 30.6 Å². The zero-order valence-corrected chi connectivity index (χ0v) is 18.2. The Labute approximate surface area is 186 Å². The number of rotatable bonds is 5. The van der Waals surface area contributed by atoms with Crippen LogP contribution in [0, 0.1) is 0 Å². The summed E-state index contributed by atoms with van der Waals surface area (Å²) in [6, 6.07) is 20.2. The number of esters is 1. The molecule has 0 aliphatic carbocycles. The Balaban J connectivity index is 1.60. The van der Waals surface area contributed by atoms with Crippen LogP contribution >= 0.6 is 0 Å². The number of imidazole rings is 1. The van der Waals surface area contributed by atoms with Crippen molar-refractivity contribution in [2.75, 3.05) is 0 Å². The van der Waals surface area contributed by atoms with Gasteiger partial charge in [0, 0.05) is 6.54 Å². The van der Waals surface area contributed by atoms with E-state index in [1.165, 1.54) is 0 Å². The monoisotopic (exact) mass is 428 g/mol. The predicted octanol–water partition coefficient (Wildman–Crippen LogP) is 5.41. The molecule has 0 aliphatic heterocycles. The Morgan fingerprint density at radius 2 is 1.72 bits per heavy atom. The maximum Gasteiger partial charge on any atom is 0.339 e. The van der Waals surface area contributed by atoms with Crippen molar-refractivity contribution in [2.45, 2.75) is 32.9 Å². The Morgan fingerprint density at radius 1 is 1.00 bits per heavy atom. The normalized spacial score (nSPS) is 11.5. The fourth-order valence-electron chi connectivity index (χ4n) is 3.55. The SMILES string of the molecule is CC(C)(C)OC(=O)c1ccccc1-c1ccc(Cn2cnc3ccc(C(=O)O)cc32)cc1. The van der Waals surface area contributed by atoms with Crippen molar-refractivity contribution in [3.8, 4) is 11.1 Å². The molecule has 0 saturated heterocycles. The van der Waals surface area contributed by atoms with Gasteiger partial charge in [-0.15, -0.1) is 0 Å². The number of hydrogen-bond donors (Lipinski definition) is 1. The van der Waals surface area contributed by atoms with Crippen LogP contribution in [0.1, 0.15) is 47.1 Å². The van der Waals surface area contributed by atoms with Crippen LogP contribution in [0.5, 0.6) is 0 Å². The summed E-state index contributed by atoms with van der Waals surface area (Å²) in [5.41, 5.74) is 4.46. The zero-order valence-electron chi connectivity index (χ0n) is 18.2. The Bertz CT molecular complexity index is 1300. The first-order chi connectivity index (χ1) is 15.2. The summed E-state index contributed by atoms with van der Waals surface area (Å²) in [7, 11) is 0. The maximum absolute atomic E-state index is 12.7. The Morgan fingerprint density at radius 3 is 2.41 bits per heavy atom. The molecule has 0 bridgehead atoms. The number of fused-ring (bicyclic) bond motifs is 1. The van der Waals surface area contributed by atoms with Gasteiger partial charge in [-0.2, -0.15) is 0 Å². The number of carboxylic acid groups (broad SMARTS) is 1. The van der Waals surface area contributed by atoms with Gasteiger partial charge in [-0.3, -0.25) is 0 Å². The molecule has 0 spiro atoms. The molecule has 0 amide bonds. The van der Waals surface area contributed by atoms with Crippen molar-refractivity contribution < 1.29 is 19.4 Å². The Hall–Kier alpha value is -3.93. The van der Waals surface area contributed by atoms with Gasteiger partial charge in [-0.25, -0.2) is 14.6 Å². The van der Waals surface area contributed by atoms with Gasteiger partial charge in [-0.05, 0) is 61.7 Å². The lowest BCUT2D eigenvalue weighted by molar-refractivity contribution is 0.00702. The fraction of sp³-hybridized carbons (Fsp3) is 0.192. The highest BCUT2D eigenvalue weighted by Crippen LogP contribution is 2.26. The zero-order chi connectivity index (χ0) is 22.9. The van der Waals surface area contributed by atoms with Crippen molar-refractivity contribution in [2.24, 2.45) is 0 Å². The molecule has 1 N–H and O–H groups in total. The van der Waals surface area contributed by atoms with Crippen LogP contribution in [-0.4, -0.2) is 32.2 Å². The van der Waals surface area contributed by atoms with Crippen molar-refractivity contribution >= 4 is 23.0 Å². The van der Waals surface area contributed by atoms with E-state index in [0.29, 0.717) is 12.1 Å². The van der Waals surface area contributed by atoms with E-state index in [0.717, 1.165) is 27.7 Å². The van der Waals surface area contributed by atoms with E-state index in [9.17, 15) is 14.7 Å². The van der Waals surface area contributed by atoms with Gasteiger partial charge >= 0.3 is 11.9 Å². The summed E-state index contributed by atoms with van der Waals surface area (Å²) in [6.07, 6.45) is 1.71. The second-order valence-corrected chi connectivity index (χ2v) is 8.63. The molecule has 6 heteroatoms. The number of benzene rings is 3. The van der Waals surface area contributed by atoms with Crippen LogP contribution in [0.4, 0.5) is 0 Å². The number of carbonyl (C=O) groups excluding carboxylic acids is 1. The Kier molecular flexibility index (Phi) is 5.53. The molecule has 0 saturated carbocycles. The molecule has 1 aromatic heterocycles. The van der Waals surface area contributed by atoms with Gasteiger partial charge in [0.1, 0.15) is 5.60 Å². The molecule has 0 radical (unpaired) electrons. The second-order valence-electron chi connectivity index (χ2n) is 8.63. The highest BCUT2D eigenvalue weighted by molar-refractivity contribution is 5.97. The first kappa shape index (κ1) is 21.3. The average Bonchev–Trinajstić information content (AvgIpc) is 3.15. The van der Waals surface area contributed by atoms with E-state index in [4.69, 9.17) is 4.74 Å². The third-order valence-electron chi connectivity index (χ3n) is 5.03. The highest BCUT2D eigenvalue weighted by atomic mass is 16.6. The van der Waals surface area contributed by atoms with E-state index < -0.39 is 11.6 Å². The maximum atomic E-state index is 12.7. The predicted molar refractivity (Wildman–Crippen MR) is 123 cm³/mol. The minimum Gasteiger partial charge on any atom is -0.478 e. The van der Waals surface area contributed by atoms with Crippen molar-refractivity contribution in [1.29, 1.82) is 0 Å². The molecule has 0 atom stereocenters. The lowest BCUT2D eigenvalue weighted by Crippen LogP contribution is -2.24. The van der Waals surface area contributed by atoms with E-state index >= 15 is 0 Å². The van der Waals surface area contributed by atoms with Crippen LogP contribution in [0.3, 0.4) is 0 Å². The van der Waals surface area contributed by atoms with Gasteiger partial charge < -0.3 is 14.4 Å². The molecular formula is C26H24N2O4. The highest BCUT2D eigenvalue weighted by Gasteiger charge is 2.20. The van der Waals surface area contributed by atoms with Crippen molar-refractivity contribution in [1.82, 2.24) is 9.55 Å². The minimum atomic E-state index is -0.965. The topological polar surface area (TPSA) is 81.4 Å². The van der Waals surface area contributed by atoms with Crippen LogP contribution in [0.25, 0.3) is 22.2 Å². The summed E-state index contributed by atoms with van der Waals surface area (Å²) in [5.74, 6) is -1.32. The molecular weight excluding hydrogens is 404 g/mol. The molecule has 4 rings (SSSR count). The molecule has 162 valence electrons. The standard InChI is InChI=1S/C26H24N2O4/c1-26(2,3)32-25(31)21-7-5-4-6-20(21)18-10-8-17(9-11-18)15-28-16-27-22-13-12-19(24(29)30)14-23(22)28/h4-14,16H,15H2,1-3H3,(H,29,30). The largest absolute Gasteiger partial charge is 0.478 e. The quantitative estimate of drug-likeness (QED) is 0.430. The lowest BCUT2D eigenvalue weighted by atomic mass is 9.98. The summed E-state index contributed by atoms with van der Waals surface area (Å²) < 4.78 is 7.48. The smallest absolute Gasteiger partial charge is 0.339 e. The van der Waals surface area contributed by atoms with Crippen LogP contribution < -0.4 is 0 Å². The third-order valence-corrected chi connectivity index (χ3v) is 5.03. The van der Waals surface area contributed by atoms with Gasteiger partial charge in [0.05, 0.1) is 28.5 Å².